The van der Waals surface area contributed by atoms with Crippen molar-refractivity contribution >= 4 is 24.5 Å². The number of carbonyl (C=O) groups is 2. The van der Waals surface area contributed by atoms with Crippen molar-refractivity contribution in [3.8, 4) is 0 Å². The van der Waals surface area contributed by atoms with Gasteiger partial charge in [-0.15, -0.1) is 0 Å². The molecule has 8 heteroatoms. The Bertz CT molecular complexity index is 457. The normalized spacial score (nSPS) is 10.0. The Hall–Kier alpha value is -1.90. The minimum absolute atomic E-state index is 0.100. The summed E-state index contributed by atoms with van der Waals surface area (Å²) in [5.74, 6) is 3.65. The molecule has 3 N–H and O–H groups in total. The zero-order valence-electron chi connectivity index (χ0n) is 11.3. The lowest BCUT2D eigenvalue weighted by Crippen LogP contribution is -2.37. The maximum absolute atomic E-state index is 11.7. The van der Waals surface area contributed by atoms with Gasteiger partial charge in [0, 0.05) is 0 Å². The molecule has 0 saturated carbocycles. The van der Waals surface area contributed by atoms with Gasteiger partial charge in [-0.1, -0.05) is 0 Å². The molecule has 0 atom stereocenters. The van der Waals surface area contributed by atoms with Gasteiger partial charge < -0.3 is 19.3 Å². The fourth-order valence-electron chi connectivity index (χ4n) is 1.54. The van der Waals surface area contributed by atoms with Crippen LogP contribution in [0.2, 0.25) is 0 Å². The van der Waals surface area contributed by atoms with Crippen molar-refractivity contribution in [2.75, 3.05) is 13.2 Å². The van der Waals surface area contributed by atoms with Crippen molar-refractivity contribution in [1.82, 2.24) is 0 Å². The van der Waals surface area contributed by atoms with Crippen LogP contribution in [0.1, 0.15) is 34.6 Å². The third-order valence-corrected chi connectivity index (χ3v) is 2.39. The molecule has 1 rings (SSSR count). The standard InChI is InChI=1S/C12H16BNO6/c1-3-18-11(15)8-5-9(12(16)19-4-2)7-10(6-8)13(17)20-14/h5-7,17H,3-4,14H2,1-2H3. The van der Waals surface area contributed by atoms with Gasteiger partial charge in [0.1, 0.15) is 0 Å². The van der Waals surface area contributed by atoms with E-state index in [-0.39, 0.29) is 29.8 Å². The van der Waals surface area contributed by atoms with Crippen LogP contribution in [0.4, 0.5) is 0 Å². The molecule has 0 aliphatic carbocycles. The summed E-state index contributed by atoms with van der Waals surface area (Å²) in [6.45, 7) is 3.69. The maximum Gasteiger partial charge on any atom is 0.508 e. The summed E-state index contributed by atoms with van der Waals surface area (Å²) >= 11 is 0. The number of nitrogens with two attached hydrogens (primary N) is 1. The average Bonchev–Trinajstić information content (AvgIpc) is 2.46. The van der Waals surface area contributed by atoms with Crippen molar-refractivity contribution in [2.45, 2.75) is 13.8 Å². The van der Waals surface area contributed by atoms with Crippen LogP contribution in [0.3, 0.4) is 0 Å². The molecule has 7 nitrogen and oxygen atoms in total. The number of hydrogen-bond acceptors (Lipinski definition) is 7. The number of esters is 2. The lowest BCUT2D eigenvalue weighted by molar-refractivity contribution is 0.0525. The number of ether oxygens (including phenoxy) is 2. The Morgan fingerprint density at radius 3 is 1.90 bits per heavy atom. The highest BCUT2D eigenvalue weighted by molar-refractivity contribution is 6.60. The van der Waals surface area contributed by atoms with Crippen molar-refractivity contribution < 1.29 is 28.8 Å². The van der Waals surface area contributed by atoms with E-state index in [1.807, 2.05) is 0 Å². The molecule has 108 valence electrons. The van der Waals surface area contributed by atoms with E-state index in [1.54, 1.807) is 13.8 Å². The Balaban J connectivity index is 3.20. The van der Waals surface area contributed by atoms with Gasteiger partial charge in [-0.05, 0) is 37.5 Å². The average molecular weight is 281 g/mol. The molecule has 1 aromatic carbocycles. The first-order valence-corrected chi connectivity index (χ1v) is 6.06. The summed E-state index contributed by atoms with van der Waals surface area (Å²) in [5.41, 5.74) is 0.355. The Kier molecular flexibility index (Phi) is 6.17. The van der Waals surface area contributed by atoms with Gasteiger partial charge in [0.05, 0.1) is 24.3 Å². The molecule has 0 saturated heterocycles. The molecule has 0 aliphatic rings. The number of rotatable bonds is 6. The predicted octanol–water partition coefficient (Wildman–Crippen LogP) is -0.382. The topological polar surface area (TPSA) is 108 Å². The van der Waals surface area contributed by atoms with Gasteiger partial charge in [-0.3, -0.25) is 0 Å². The minimum atomic E-state index is -1.46. The minimum Gasteiger partial charge on any atom is -0.462 e. The lowest BCUT2D eigenvalue weighted by atomic mass is 9.78. The summed E-state index contributed by atoms with van der Waals surface area (Å²) in [6, 6.07) is 3.99. The fourth-order valence-corrected chi connectivity index (χ4v) is 1.54. The monoisotopic (exact) mass is 281 g/mol. The molecule has 0 heterocycles. The van der Waals surface area contributed by atoms with E-state index < -0.39 is 19.1 Å². The molecule has 0 unspecified atom stereocenters. The van der Waals surface area contributed by atoms with E-state index in [0.29, 0.717) is 0 Å². The lowest BCUT2D eigenvalue weighted by Gasteiger charge is -2.09. The van der Waals surface area contributed by atoms with Crippen LogP contribution in [0.15, 0.2) is 18.2 Å². The largest absolute Gasteiger partial charge is 0.508 e. The first-order chi connectivity index (χ1) is 9.53. The van der Waals surface area contributed by atoms with E-state index in [9.17, 15) is 14.6 Å². The van der Waals surface area contributed by atoms with Crippen LogP contribution >= 0.6 is 0 Å². The molecule has 0 fully saturated rings. The van der Waals surface area contributed by atoms with Gasteiger partial charge >= 0.3 is 19.1 Å². The van der Waals surface area contributed by atoms with Crippen LogP contribution in [-0.4, -0.2) is 37.3 Å². The third-order valence-electron chi connectivity index (χ3n) is 2.39. The number of hydrogen-bond donors (Lipinski definition) is 2. The summed E-state index contributed by atoms with van der Waals surface area (Å²) in [6.07, 6.45) is 0. The van der Waals surface area contributed by atoms with Crippen LogP contribution in [0.25, 0.3) is 0 Å². The molecular weight excluding hydrogens is 265 g/mol. The Morgan fingerprint density at radius 1 is 1.10 bits per heavy atom. The first-order valence-electron chi connectivity index (χ1n) is 6.06. The SMILES string of the molecule is CCOC(=O)c1cc(B(O)ON)cc(C(=O)OCC)c1. The number of carbonyl (C=O) groups excluding carboxylic acids is 2. The van der Waals surface area contributed by atoms with Gasteiger partial charge in [-0.2, -0.15) is 0 Å². The second-order valence-corrected chi connectivity index (χ2v) is 3.77. The molecule has 0 bridgehead atoms. The summed E-state index contributed by atoms with van der Waals surface area (Å²) in [5, 5.41) is 9.55. The van der Waals surface area contributed by atoms with Gasteiger partial charge in [-0.25, -0.2) is 15.5 Å². The highest BCUT2D eigenvalue weighted by Gasteiger charge is 2.21. The highest BCUT2D eigenvalue weighted by Crippen LogP contribution is 2.08. The van der Waals surface area contributed by atoms with Crippen molar-refractivity contribution in [2.24, 2.45) is 5.90 Å². The van der Waals surface area contributed by atoms with Crippen LogP contribution < -0.4 is 11.4 Å². The Morgan fingerprint density at radius 2 is 1.55 bits per heavy atom. The van der Waals surface area contributed by atoms with Crippen molar-refractivity contribution in [3.63, 3.8) is 0 Å². The van der Waals surface area contributed by atoms with Gasteiger partial charge in [0.15, 0.2) is 0 Å². The van der Waals surface area contributed by atoms with E-state index in [1.165, 1.54) is 18.2 Å². The molecule has 0 radical (unpaired) electrons. The van der Waals surface area contributed by atoms with Crippen LogP contribution in [0, 0.1) is 0 Å². The predicted molar refractivity (Wildman–Crippen MR) is 71.2 cm³/mol. The zero-order valence-corrected chi connectivity index (χ0v) is 11.3. The summed E-state index contributed by atoms with van der Waals surface area (Å²) in [4.78, 5) is 23.4. The van der Waals surface area contributed by atoms with E-state index in [2.05, 4.69) is 4.76 Å². The molecule has 0 aromatic heterocycles. The smallest absolute Gasteiger partial charge is 0.462 e. The third kappa shape index (κ3) is 4.05. The zero-order chi connectivity index (χ0) is 15.1. The van der Waals surface area contributed by atoms with Gasteiger partial charge in [0.2, 0.25) is 0 Å². The quantitative estimate of drug-likeness (QED) is 0.415. The fraction of sp³-hybridized carbons (Fsp3) is 0.333. The summed E-state index contributed by atoms with van der Waals surface area (Å²) < 4.78 is 14.0. The molecule has 0 aliphatic heterocycles. The van der Waals surface area contributed by atoms with E-state index in [0.717, 1.165) is 0 Å². The second kappa shape index (κ2) is 7.64. The van der Waals surface area contributed by atoms with Crippen molar-refractivity contribution in [1.29, 1.82) is 0 Å². The van der Waals surface area contributed by atoms with Crippen LogP contribution in [-0.2, 0) is 14.2 Å². The molecule has 0 spiro atoms. The Labute approximate surface area is 116 Å². The summed E-state index contributed by atoms with van der Waals surface area (Å²) in [7, 11) is -1.46. The molecule has 1 aromatic rings. The second-order valence-electron chi connectivity index (χ2n) is 3.77. The number of benzene rings is 1. The van der Waals surface area contributed by atoms with E-state index in [4.69, 9.17) is 15.4 Å². The molecular formula is C12H16BNO6. The van der Waals surface area contributed by atoms with Crippen molar-refractivity contribution in [3.05, 3.63) is 29.3 Å². The molecule has 0 amide bonds. The van der Waals surface area contributed by atoms with Gasteiger partial charge in [0.25, 0.3) is 0 Å². The first kappa shape index (κ1) is 16.2. The highest BCUT2D eigenvalue weighted by atomic mass is 16.6. The maximum atomic E-state index is 11.7. The molecule has 20 heavy (non-hydrogen) atoms. The van der Waals surface area contributed by atoms with Crippen LogP contribution in [0.5, 0.6) is 0 Å². The van der Waals surface area contributed by atoms with E-state index >= 15 is 0 Å².